The van der Waals surface area contributed by atoms with Crippen molar-refractivity contribution in [2.45, 2.75) is 19.4 Å². The first-order chi connectivity index (χ1) is 14.0. The minimum Gasteiger partial charge on any atom is -0.493 e. The molecule has 0 spiro atoms. The molecular weight excluding hydrogens is 372 g/mol. The average Bonchev–Trinajstić information content (AvgIpc) is 3.11. The number of amides is 2. The van der Waals surface area contributed by atoms with E-state index in [0.717, 1.165) is 5.69 Å². The van der Waals surface area contributed by atoms with Crippen LogP contribution in [0.15, 0.2) is 53.3 Å². The van der Waals surface area contributed by atoms with Crippen molar-refractivity contribution in [3.63, 3.8) is 0 Å². The van der Waals surface area contributed by atoms with E-state index >= 15 is 0 Å². The molecule has 1 aliphatic heterocycles. The van der Waals surface area contributed by atoms with Crippen LogP contribution in [0.2, 0.25) is 0 Å². The van der Waals surface area contributed by atoms with Crippen molar-refractivity contribution < 1.29 is 14.3 Å². The summed E-state index contributed by atoms with van der Waals surface area (Å²) < 4.78 is 7.09. The molecule has 3 aromatic rings. The summed E-state index contributed by atoms with van der Waals surface area (Å²) >= 11 is 0. The van der Waals surface area contributed by atoms with Crippen molar-refractivity contribution in [2.24, 2.45) is 0 Å². The maximum Gasteiger partial charge on any atom is 0.267 e. The lowest BCUT2D eigenvalue weighted by molar-refractivity contribution is -0.118. The van der Waals surface area contributed by atoms with Crippen LogP contribution in [-0.4, -0.2) is 35.0 Å². The zero-order valence-electron chi connectivity index (χ0n) is 15.9. The molecule has 8 nitrogen and oxygen atoms in total. The van der Waals surface area contributed by atoms with Gasteiger partial charge in [-0.2, -0.15) is 0 Å². The average molecular weight is 392 g/mol. The van der Waals surface area contributed by atoms with Crippen LogP contribution in [0.4, 0.5) is 11.6 Å². The Balaban J connectivity index is 1.43. The van der Waals surface area contributed by atoms with Gasteiger partial charge in [0.1, 0.15) is 17.7 Å². The van der Waals surface area contributed by atoms with Gasteiger partial charge in [-0.15, -0.1) is 0 Å². The molecule has 4 rings (SSSR count). The summed E-state index contributed by atoms with van der Waals surface area (Å²) in [6.07, 6.45) is 0.827. The number of carbonyl (C=O) groups is 2. The fourth-order valence-electron chi connectivity index (χ4n) is 3.27. The van der Waals surface area contributed by atoms with Crippen LogP contribution >= 0.6 is 0 Å². The van der Waals surface area contributed by atoms with E-state index < -0.39 is 0 Å². The molecule has 0 fully saturated rings. The quantitative estimate of drug-likeness (QED) is 0.649. The number of aromatic nitrogens is 2. The van der Waals surface area contributed by atoms with Crippen molar-refractivity contribution in [3.8, 4) is 5.75 Å². The van der Waals surface area contributed by atoms with Crippen molar-refractivity contribution in [3.05, 3.63) is 58.9 Å². The van der Waals surface area contributed by atoms with Gasteiger partial charge in [0, 0.05) is 19.2 Å². The standard InChI is InChI=1S/C21H20N4O4/c1-24(14-7-3-2-4-8-14)18(27)11-6-12-29-16-10-5-9-15-19(16)20(28)25-13-17(26)23-21(25)22-15/h2-5,7-10H,6,11-13H2,1H3,(H,22,23,26). The second-order valence-corrected chi connectivity index (χ2v) is 6.77. The van der Waals surface area contributed by atoms with Gasteiger partial charge in [0.05, 0.1) is 12.1 Å². The van der Waals surface area contributed by atoms with Gasteiger partial charge in [-0.05, 0) is 30.7 Å². The van der Waals surface area contributed by atoms with Crippen molar-refractivity contribution in [1.82, 2.24) is 9.55 Å². The van der Waals surface area contributed by atoms with Crippen LogP contribution in [0.25, 0.3) is 10.9 Å². The maximum atomic E-state index is 12.8. The number of nitrogens with one attached hydrogen (secondary N) is 1. The zero-order chi connectivity index (χ0) is 20.4. The van der Waals surface area contributed by atoms with Crippen molar-refractivity contribution >= 4 is 34.4 Å². The molecule has 0 bridgehead atoms. The SMILES string of the molecule is CN(C(=O)CCCOc1cccc2nc3n(c(=O)c12)CC(=O)N3)c1ccccc1. The summed E-state index contributed by atoms with van der Waals surface area (Å²) in [5.41, 5.74) is 0.975. The molecule has 2 aromatic carbocycles. The Labute approximate surface area is 166 Å². The first-order valence-electron chi connectivity index (χ1n) is 9.32. The Kier molecular flexibility index (Phi) is 4.99. The van der Waals surface area contributed by atoms with E-state index in [1.54, 1.807) is 30.1 Å². The van der Waals surface area contributed by atoms with Crippen LogP contribution in [0.3, 0.4) is 0 Å². The summed E-state index contributed by atoms with van der Waals surface area (Å²) in [6.45, 7) is 0.234. The highest BCUT2D eigenvalue weighted by atomic mass is 16.5. The molecule has 8 heteroatoms. The molecule has 1 aromatic heterocycles. The molecule has 148 valence electrons. The monoisotopic (exact) mass is 392 g/mol. The molecule has 29 heavy (non-hydrogen) atoms. The second kappa shape index (κ2) is 7.75. The van der Waals surface area contributed by atoms with Crippen molar-refractivity contribution in [2.75, 3.05) is 23.9 Å². The smallest absolute Gasteiger partial charge is 0.267 e. The third-order valence-corrected chi connectivity index (χ3v) is 4.81. The third-order valence-electron chi connectivity index (χ3n) is 4.81. The highest BCUT2D eigenvalue weighted by Gasteiger charge is 2.23. The predicted molar refractivity (Wildman–Crippen MR) is 109 cm³/mol. The number of hydrogen-bond acceptors (Lipinski definition) is 5. The number of carbonyl (C=O) groups excluding carboxylic acids is 2. The number of anilines is 2. The fraction of sp³-hybridized carbons (Fsp3) is 0.238. The Morgan fingerprint density at radius 1 is 1.17 bits per heavy atom. The Hall–Kier alpha value is -3.68. The van der Waals surface area contributed by atoms with E-state index in [-0.39, 0.29) is 36.5 Å². The van der Waals surface area contributed by atoms with Gasteiger partial charge >= 0.3 is 0 Å². The van der Waals surface area contributed by atoms with E-state index in [9.17, 15) is 14.4 Å². The molecule has 0 saturated carbocycles. The highest BCUT2D eigenvalue weighted by molar-refractivity contribution is 5.95. The van der Waals surface area contributed by atoms with E-state index in [1.165, 1.54) is 4.57 Å². The Morgan fingerprint density at radius 3 is 2.76 bits per heavy atom. The molecule has 2 heterocycles. The summed E-state index contributed by atoms with van der Waals surface area (Å²) in [5.74, 6) is 0.369. The van der Waals surface area contributed by atoms with Gasteiger partial charge in [-0.3, -0.25) is 24.3 Å². The lowest BCUT2D eigenvalue weighted by Gasteiger charge is -2.17. The molecule has 0 radical (unpaired) electrons. The first-order valence-corrected chi connectivity index (χ1v) is 9.32. The molecule has 2 amide bonds. The molecule has 0 atom stereocenters. The van der Waals surface area contributed by atoms with Gasteiger partial charge < -0.3 is 9.64 Å². The summed E-state index contributed by atoms with van der Waals surface area (Å²) in [6, 6.07) is 14.6. The van der Waals surface area contributed by atoms with E-state index in [2.05, 4.69) is 10.3 Å². The number of para-hydroxylation sites is 1. The number of hydrogen-bond donors (Lipinski definition) is 1. The normalized spacial score (nSPS) is 12.5. The topological polar surface area (TPSA) is 93.5 Å². The van der Waals surface area contributed by atoms with Gasteiger partial charge in [-0.1, -0.05) is 24.3 Å². The van der Waals surface area contributed by atoms with E-state index in [0.29, 0.717) is 29.5 Å². The molecule has 0 saturated heterocycles. The number of nitrogens with zero attached hydrogens (tertiary/aromatic N) is 3. The van der Waals surface area contributed by atoms with Gasteiger partial charge in [0.25, 0.3) is 5.56 Å². The molecule has 1 N–H and O–H groups in total. The van der Waals surface area contributed by atoms with Crippen LogP contribution in [0.5, 0.6) is 5.75 Å². The largest absolute Gasteiger partial charge is 0.493 e. The van der Waals surface area contributed by atoms with Gasteiger partial charge in [-0.25, -0.2) is 4.98 Å². The molecule has 1 aliphatic rings. The summed E-state index contributed by atoms with van der Waals surface area (Å²) in [4.78, 5) is 42.6. The lowest BCUT2D eigenvalue weighted by Crippen LogP contribution is -2.26. The van der Waals surface area contributed by atoms with Crippen LogP contribution < -0.4 is 20.5 Å². The fourth-order valence-corrected chi connectivity index (χ4v) is 3.27. The lowest BCUT2D eigenvalue weighted by atomic mass is 10.2. The molecular formula is C21H20N4O4. The van der Waals surface area contributed by atoms with Gasteiger partial charge in [0.2, 0.25) is 17.8 Å². The summed E-state index contributed by atoms with van der Waals surface area (Å²) in [7, 11) is 1.74. The van der Waals surface area contributed by atoms with E-state index in [1.807, 2.05) is 30.3 Å². The minimum atomic E-state index is -0.321. The second-order valence-electron chi connectivity index (χ2n) is 6.77. The predicted octanol–water partition coefficient (Wildman–Crippen LogP) is 2.17. The number of benzene rings is 2. The van der Waals surface area contributed by atoms with Crippen LogP contribution in [0.1, 0.15) is 12.8 Å². The number of rotatable bonds is 6. The Morgan fingerprint density at radius 2 is 1.97 bits per heavy atom. The van der Waals surface area contributed by atoms with E-state index in [4.69, 9.17) is 4.74 Å². The first kappa shape index (κ1) is 18.7. The molecule has 0 unspecified atom stereocenters. The van der Waals surface area contributed by atoms with Crippen LogP contribution in [-0.2, 0) is 16.1 Å². The minimum absolute atomic E-state index is 0.0122. The van der Waals surface area contributed by atoms with Crippen LogP contribution in [0, 0.1) is 0 Å². The maximum absolute atomic E-state index is 12.8. The van der Waals surface area contributed by atoms with Crippen molar-refractivity contribution in [1.29, 1.82) is 0 Å². The Bertz CT molecular complexity index is 1140. The van der Waals surface area contributed by atoms with Gasteiger partial charge in [0.15, 0.2) is 0 Å². The number of fused-ring (bicyclic) bond motifs is 2. The third kappa shape index (κ3) is 3.69. The highest BCUT2D eigenvalue weighted by Crippen LogP contribution is 2.24. The summed E-state index contributed by atoms with van der Waals surface area (Å²) in [5, 5.41) is 2.90. The number of ether oxygens (including phenoxy) is 1. The molecule has 0 aliphatic carbocycles. The zero-order valence-corrected chi connectivity index (χ0v) is 15.9.